The molecule has 0 atom stereocenters. The Hall–Kier alpha value is -1.69. The van der Waals surface area contributed by atoms with Gasteiger partial charge >= 0.3 is 0 Å². The lowest BCUT2D eigenvalue weighted by atomic mass is 10.3. The SMILES string of the molecule is CCNc1cncc(C(=O)NCCCN(CC)CC)n1. The summed E-state index contributed by atoms with van der Waals surface area (Å²) in [6.07, 6.45) is 4.04. The van der Waals surface area contributed by atoms with E-state index in [-0.39, 0.29) is 5.91 Å². The Morgan fingerprint density at radius 1 is 1.25 bits per heavy atom. The third-order valence-corrected chi connectivity index (χ3v) is 3.06. The quantitative estimate of drug-likeness (QED) is 0.668. The van der Waals surface area contributed by atoms with Crippen molar-refractivity contribution < 1.29 is 4.79 Å². The summed E-state index contributed by atoms with van der Waals surface area (Å²) in [5, 5.41) is 5.92. The highest BCUT2D eigenvalue weighted by atomic mass is 16.1. The van der Waals surface area contributed by atoms with Gasteiger partial charge in [0.05, 0.1) is 12.4 Å². The van der Waals surface area contributed by atoms with E-state index in [1.54, 1.807) is 6.20 Å². The molecule has 6 heteroatoms. The van der Waals surface area contributed by atoms with Gasteiger partial charge in [0.15, 0.2) is 0 Å². The molecule has 1 aromatic rings. The highest BCUT2D eigenvalue weighted by molar-refractivity contribution is 5.92. The van der Waals surface area contributed by atoms with Gasteiger partial charge in [0.25, 0.3) is 5.91 Å². The van der Waals surface area contributed by atoms with E-state index in [2.05, 4.69) is 39.3 Å². The first kappa shape index (κ1) is 16.4. The zero-order valence-corrected chi connectivity index (χ0v) is 12.6. The highest BCUT2D eigenvalue weighted by Gasteiger charge is 2.08. The Morgan fingerprint density at radius 2 is 2.00 bits per heavy atom. The van der Waals surface area contributed by atoms with Gasteiger partial charge in [-0.05, 0) is 33.0 Å². The zero-order valence-electron chi connectivity index (χ0n) is 12.6. The van der Waals surface area contributed by atoms with Gasteiger partial charge in [-0.25, -0.2) is 4.98 Å². The number of rotatable bonds is 9. The van der Waals surface area contributed by atoms with Gasteiger partial charge in [-0.1, -0.05) is 13.8 Å². The minimum Gasteiger partial charge on any atom is -0.369 e. The van der Waals surface area contributed by atoms with Gasteiger partial charge < -0.3 is 15.5 Å². The van der Waals surface area contributed by atoms with Gasteiger partial charge in [-0.15, -0.1) is 0 Å². The van der Waals surface area contributed by atoms with E-state index in [4.69, 9.17) is 0 Å². The minimum atomic E-state index is -0.170. The minimum absolute atomic E-state index is 0.170. The maximum atomic E-state index is 11.9. The van der Waals surface area contributed by atoms with Crippen LogP contribution in [0.25, 0.3) is 0 Å². The van der Waals surface area contributed by atoms with Crippen molar-refractivity contribution >= 4 is 11.7 Å². The first-order chi connectivity index (χ1) is 9.71. The average Bonchev–Trinajstić information content (AvgIpc) is 2.48. The molecule has 0 fully saturated rings. The van der Waals surface area contributed by atoms with Crippen molar-refractivity contribution in [3.8, 4) is 0 Å². The first-order valence-electron chi connectivity index (χ1n) is 7.27. The second-order valence-electron chi connectivity index (χ2n) is 4.46. The number of amides is 1. The fourth-order valence-electron chi connectivity index (χ4n) is 1.88. The van der Waals surface area contributed by atoms with E-state index in [1.807, 2.05) is 6.92 Å². The summed E-state index contributed by atoms with van der Waals surface area (Å²) in [5.41, 5.74) is 0.353. The van der Waals surface area contributed by atoms with Crippen LogP contribution in [0.3, 0.4) is 0 Å². The predicted octanol–water partition coefficient (Wildman–Crippen LogP) is 1.37. The van der Waals surface area contributed by atoms with E-state index in [0.717, 1.165) is 32.6 Å². The standard InChI is InChI=1S/C14H25N5O/c1-4-16-13-11-15-10-12(18-13)14(20)17-8-7-9-19(5-2)6-3/h10-11H,4-9H2,1-3H3,(H,16,18)(H,17,20). The van der Waals surface area contributed by atoms with Crippen LogP contribution in [0.2, 0.25) is 0 Å². The van der Waals surface area contributed by atoms with Crippen molar-refractivity contribution in [3.05, 3.63) is 18.1 Å². The lowest BCUT2D eigenvalue weighted by Crippen LogP contribution is -2.30. The smallest absolute Gasteiger partial charge is 0.271 e. The Labute approximate surface area is 121 Å². The zero-order chi connectivity index (χ0) is 14.8. The molecule has 0 saturated carbocycles. The van der Waals surface area contributed by atoms with Gasteiger partial charge in [0, 0.05) is 13.1 Å². The van der Waals surface area contributed by atoms with Crippen molar-refractivity contribution in [2.24, 2.45) is 0 Å². The largest absolute Gasteiger partial charge is 0.369 e. The summed E-state index contributed by atoms with van der Waals surface area (Å²) >= 11 is 0. The van der Waals surface area contributed by atoms with Gasteiger partial charge in [0.1, 0.15) is 11.5 Å². The van der Waals surface area contributed by atoms with Crippen molar-refractivity contribution in [1.82, 2.24) is 20.2 Å². The van der Waals surface area contributed by atoms with Gasteiger partial charge in [-0.3, -0.25) is 9.78 Å². The number of hydrogen-bond acceptors (Lipinski definition) is 5. The normalized spacial score (nSPS) is 10.6. The summed E-state index contributed by atoms with van der Waals surface area (Å²) in [7, 11) is 0. The molecule has 0 unspecified atom stereocenters. The fraction of sp³-hybridized carbons (Fsp3) is 0.643. The third kappa shape index (κ3) is 5.52. The molecule has 1 amide bonds. The molecule has 2 N–H and O–H groups in total. The number of carbonyl (C=O) groups is 1. The Morgan fingerprint density at radius 3 is 2.65 bits per heavy atom. The van der Waals surface area contributed by atoms with Crippen LogP contribution in [0.4, 0.5) is 5.82 Å². The molecule has 0 spiro atoms. The lowest BCUT2D eigenvalue weighted by Gasteiger charge is -2.17. The van der Waals surface area contributed by atoms with Crippen molar-refractivity contribution in [1.29, 1.82) is 0 Å². The number of nitrogens with one attached hydrogen (secondary N) is 2. The summed E-state index contributed by atoms with van der Waals surface area (Å²) in [4.78, 5) is 22.5. The van der Waals surface area contributed by atoms with Crippen LogP contribution in [0.1, 0.15) is 37.7 Å². The van der Waals surface area contributed by atoms with Crippen molar-refractivity contribution in [2.75, 3.05) is 38.0 Å². The van der Waals surface area contributed by atoms with E-state index >= 15 is 0 Å². The van der Waals surface area contributed by atoms with Crippen molar-refractivity contribution in [3.63, 3.8) is 0 Å². The van der Waals surface area contributed by atoms with Crippen LogP contribution in [0.15, 0.2) is 12.4 Å². The number of anilines is 1. The van der Waals surface area contributed by atoms with Crippen molar-refractivity contribution in [2.45, 2.75) is 27.2 Å². The molecule has 0 aromatic carbocycles. The molecule has 112 valence electrons. The second kappa shape index (κ2) is 9.25. The summed E-state index contributed by atoms with van der Waals surface area (Å²) in [5.74, 6) is 0.458. The van der Waals surface area contributed by atoms with Gasteiger partial charge in [-0.2, -0.15) is 0 Å². The van der Waals surface area contributed by atoms with Crippen LogP contribution in [0, 0.1) is 0 Å². The molecule has 0 aliphatic rings. The summed E-state index contributed by atoms with van der Waals surface area (Å²) in [6, 6.07) is 0. The van der Waals surface area contributed by atoms with E-state index in [1.165, 1.54) is 6.20 Å². The Bertz CT molecular complexity index is 406. The molecule has 1 aromatic heterocycles. The first-order valence-corrected chi connectivity index (χ1v) is 7.27. The van der Waals surface area contributed by atoms with E-state index < -0.39 is 0 Å². The topological polar surface area (TPSA) is 70.2 Å². The molecular weight excluding hydrogens is 254 g/mol. The fourth-order valence-corrected chi connectivity index (χ4v) is 1.88. The van der Waals surface area contributed by atoms with Crippen LogP contribution in [-0.4, -0.2) is 53.5 Å². The Kier molecular flexibility index (Phi) is 7.57. The predicted molar refractivity (Wildman–Crippen MR) is 80.9 cm³/mol. The van der Waals surface area contributed by atoms with Crippen LogP contribution < -0.4 is 10.6 Å². The molecule has 0 bridgehead atoms. The van der Waals surface area contributed by atoms with Crippen LogP contribution in [-0.2, 0) is 0 Å². The average molecular weight is 279 g/mol. The Balaban J connectivity index is 2.37. The van der Waals surface area contributed by atoms with Gasteiger partial charge in [0.2, 0.25) is 0 Å². The monoisotopic (exact) mass is 279 g/mol. The third-order valence-electron chi connectivity index (χ3n) is 3.06. The van der Waals surface area contributed by atoms with E-state index in [0.29, 0.717) is 18.1 Å². The molecule has 0 radical (unpaired) electrons. The number of aromatic nitrogens is 2. The lowest BCUT2D eigenvalue weighted by molar-refractivity contribution is 0.0946. The molecule has 1 rings (SSSR count). The highest BCUT2D eigenvalue weighted by Crippen LogP contribution is 2.01. The maximum Gasteiger partial charge on any atom is 0.271 e. The van der Waals surface area contributed by atoms with E-state index in [9.17, 15) is 4.79 Å². The number of carbonyl (C=O) groups excluding carboxylic acids is 1. The molecule has 20 heavy (non-hydrogen) atoms. The van der Waals surface area contributed by atoms with Crippen LogP contribution >= 0.6 is 0 Å². The number of hydrogen-bond donors (Lipinski definition) is 2. The molecular formula is C14H25N5O. The summed E-state index contributed by atoms with van der Waals surface area (Å²) < 4.78 is 0. The van der Waals surface area contributed by atoms with Crippen LogP contribution in [0.5, 0.6) is 0 Å². The second-order valence-corrected chi connectivity index (χ2v) is 4.46. The molecule has 0 saturated heterocycles. The molecule has 0 aliphatic carbocycles. The summed E-state index contributed by atoms with van der Waals surface area (Å²) in [6.45, 7) is 10.7. The molecule has 0 aliphatic heterocycles. The molecule has 1 heterocycles. The molecule has 6 nitrogen and oxygen atoms in total. The number of nitrogens with zero attached hydrogens (tertiary/aromatic N) is 3. The maximum absolute atomic E-state index is 11.9.